The number of halogens is 7. The van der Waals surface area contributed by atoms with Crippen molar-refractivity contribution in [2.24, 2.45) is 0 Å². The Kier molecular flexibility index (Phi) is 7.37. The number of hydrogen-bond donors (Lipinski definition) is 2. The molecule has 0 aliphatic heterocycles. The molecule has 0 atom stereocenters. The number of benzene rings is 1. The number of hydrogen-bond acceptors (Lipinski definition) is 5. The molecule has 3 aromatic heterocycles. The number of nitrogens with zero attached hydrogens (tertiary/aromatic N) is 2. The van der Waals surface area contributed by atoms with Crippen molar-refractivity contribution >= 4 is 53.7 Å². The van der Waals surface area contributed by atoms with Gasteiger partial charge in [0.1, 0.15) is 11.4 Å². The second-order valence-corrected chi connectivity index (χ2v) is 10.3. The highest BCUT2D eigenvalue weighted by Crippen LogP contribution is 2.40. The van der Waals surface area contributed by atoms with Crippen LogP contribution in [0.15, 0.2) is 52.0 Å². The summed E-state index contributed by atoms with van der Waals surface area (Å²) in [5.74, 6) is -3.04. The van der Waals surface area contributed by atoms with Crippen LogP contribution in [0.2, 0.25) is 0 Å². The average Bonchev–Trinajstić information content (AvgIpc) is 3.24. The first-order valence-corrected chi connectivity index (χ1v) is 12.2. The molecule has 0 bridgehead atoms. The molecule has 192 valence electrons. The smallest absolute Gasteiger partial charge is 0.475 e. The fourth-order valence-electron chi connectivity index (χ4n) is 3.06. The number of sulfone groups is 1. The predicted octanol–water partition coefficient (Wildman–Crippen LogP) is 5.99. The van der Waals surface area contributed by atoms with Gasteiger partial charge in [0, 0.05) is 16.1 Å². The fraction of sp³-hybridized carbons (Fsp3) is 0.190. The van der Waals surface area contributed by atoms with E-state index in [2.05, 4.69) is 30.9 Å². The maximum Gasteiger partial charge on any atom is 0.490 e. The monoisotopic (exact) mass is 597 g/mol. The Morgan fingerprint density at radius 2 is 1.61 bits per heavy atom. The number of nitrogens with one attached hydrogen (secondary N) is 1. The lowest BCUT2D eigenvalue weighted by Gasteiger charge is -2.15. The van der Waals surface area contributed by atoms with Crippen LogP contribution >= 0.6 is 15.9 Å². The van der Waals surface area contributed by atoms with E-state index in [1.807, 2.05) is 0 Å². The predicted molar refractivity (Wildman–Crippen MR) is 121 cm³/mol. The molecule has 36 heavy (non-hydrogen) atoms. The van der Waals surface area contributed by atoms with Gasteiger partial charge in [-0.3, -0.25) is 0 Å². The molecule has 4 rings (SSSR count). The maximum atomic E-state index is 13.8. The average molecular weight is 598 g/mol. The summed E-state index contributed by atoms with van der Waals surface area (Å²) in [6.45, 7) is 1.43. The Morgan fingerprint density at radius 1 is 1.00 bits per heavy atom. The van der Waals surface area contributed by atoms with Crippen molar-refractivity contribution in [3.8, 4) is 11.4 Å². The van der Waals surface area contributed by atoms with Gasteiger partial charge in [-0.25, -0.2) is 23.2 Å². The molecular weight excluding hydrogens is 584 g/mol. The molecule has 15 heteroatoms. The third-order valence-corrected chi connectivity index (χ3v) is 7.00. The summed E-state index contributed by atoms with van der Waals surface area (Å²) < 4.78 is 99.3. The maximum absolute atomic E-state index is 13.8. The Labute approximate surface area is 207 Å². The molecule has 7 nitrogen and oxygen atoms in total. The minimum atomic E-state index is -5.08. The number of carboxylic acid groups (broad SMARTS) is 1. The molecule has 0 radical (unpaired) electrons. The van der Waals surface area contributed by atoms with Crippen molar-refractivity contribution < 1.29 is 44.7 Å². The molecule has 4 aromatic rings. The van der Waals surface area contributed by atoms with E-state index in [1.54, 1.807) is 18.2 Å². The zero-order chi connectivity index (χ0) is 27.1. The second-order valence-electron chi connectivity index (χ2n) is 7.17. The van der Waals surface area contributed by atoms with Crippen molar-refractivity contribution in [3.05, 3.63) is 52.6 Å². The minimum Gasteiger partial charge on any atom is -0.475 e. The molecule has 0 aliphatic carbocycles. The van der Waals surface area contributed by atoms with Crippen LogP contribution in [0.3, 0.4) is 0 Å². The van der Waals surface area contributed by atoms with Crippen molar-refractivity contribution in [1.82, 2.24) is 15.0 Å². The lowest BCUT2D eigenvalue weighted by atomic mass is 10.1. The number of fused-ring (bicyclic) bond motifs is 2. The minimum absolute atomic E-state index is 0.199. The van der Waals surface area contributed by atoms with Gasteiger partial charge in [-0.05, 0) is 30.3 Å². The van der Waals surface area contributed by atoms with Gasteiger partial charge in [0.25, 0.3) is 0 Å². The summed E-state index contributed by atoms with van der Waals surface area (Å²) in [5, 5.41) is 7.63. The SMILES string of the molecule is CCS(=O)(=O)c1cc2ccc(Br)cc2nc1-c1nc2cc[nH]c2cc1C(F)(F)F.O=C(O)C(F)(F)F. The highest BCUT2D eigenvalue weighted by Gasteiger charge is 2.38. The van der Waals surface area contributed by atoms with Crippen LogP contribution in [0.1, 0.15) is 12.5 Å². The Hall–Kier alpha value is -3.20. The number of pyridine rings is 2. The van der Waals surface area contributed by atoms with E-state index >= 15 is 0 Å². The standard InChI is InChI=1S/C19H13BrF3N3O2S.C2HF3O2/c1-2-29(27,28)16-7-10-3-4-11(20)8-14(10)26-18(16)17-12(19(21,22)23)9-15-13(25-17)5-6-24-15;3-2(4,5)1(6)7/h3-9,24H,2H2,1H3;(H,6,7). The van der Waals surface area contributed by atoms with Crippen LogP contribution in [0.25, 0.3) is 33.3 Å². The molecule has 3 heterocycles. The first-order chi connectivity index (χ1) is 16.5. The fourth-order valence-corrected chi connectivity index (χ4v) is 4.46. The van der Waals surface area contributed by atoms with E-state index < -0.39 is 39.4 Å². The molecule has 1 aromatic carbocycles. The van der Waals surface area contributed by atoms with Gasteiger partial charge in [0.05, 0.1) is 32.8 Å². The van der Waals surface area contributed by atoms with Crippen molar-refractivity contribution in [2.45, 2.75) is 24.2 Å². The van der Waals surface area contributed by atoms with E-state index in [1.165, 1.54) is 25.3 Å². The van der Waals surface area contributed by atoms with Crippen LogP contribution in [0.5, 0.6) is 0 Å². The number of H-pyrrole nitrogens is 1. The van der Waals surface area contributed by atoms with Crippen molar-refractivity contribution in [3.63, 3.8) is 0 Å². The largest absolute Gasteiger partial charge is 0.490 e. The van der Waals surface area contributed by atoms with E-state index in [4.69, 9.17) is 9.90 Å². The molecule has 0 amide bonds. The quantitative estimate of drug-likeness (QED) is 0.281. The Bertz CT molecular complexity index is 1570. The summed E-state index contributed by atoms with van der Waals surface area (Å²) in [6.07, 6.45) is -8.36. The number of carboxylic acids is 1. The summed E-state index contributed by atoms with van der Waals surface area (Å²) in [5.41, 5.74) is -1.05. The van der Waals surface area contributed by atoms with Gasteiger partial charge < -0.3 is 10.1 Å². The third-order valence-electron chi connectivity index (χ3n) is 4.76. The Balaban J connectivity index is 0.000000454. The summed E-state index contributed by atoms with van der Waals surface area (Å²) in [6, 6.07) is 8.77. The second kappa shape index (κ2) is 9.69. The highest BCUT2D eigenvalue weighted by atomic mass is 79.9. The molecule has 0 unspecified atom stereocenters. The van der Waals surface area contributed by atoms with E-state index in [0.717, 1.165) is 6.07 Å². The first-order valence-electron chi connectivity index (χ1n) is 9.73. The van der Waals surface area contributed by atoms with E-state index in [9.17, 15) is 34.8 Å². The molecule has 2 N–H and O–H groups in total. The first kappa shape index (κ1) is 27.4. The molecule has 0 saturated heterocycles. The normalized spacial score (nSPS) is 12.4. The number of alkyl halides is 6. The molecule has 0 aliphatic rings. The van der Waals surface area contributed by atoms with Crippen LogP contribution < -0.4 is 0 Å². The number of rotatable bonds is 3. The molecule has 0 fully saturated rings. The zero-order valence-electron chi connectivity index (χ0n) is 17.9. The molecule has 0 saturated carbocycles. The molecule has 0 spiro atoms. The zero-order valence-corrected chi connectivity index (χ0v) is 20.3. The van der Waals surface area contributed by atoms with Crippen LogP contribution in [0, 0.1) is 0 Å². The number of aromatic amines is 1. The van der Waals surface area contributed by atoms with E-state index in [-0.39, 0.29) is 27.4 Å². The van der Waals surface area contributed by atoms with Crippen LogP contribution in [-0.4, -0.2) is 46.4 Å². The lowest BCUT2D eigenvalue weighted by Crippen LogP contribution is -2.21. The van der Waals surface area contributed by atoms with E-state index in [0.29, 0.717) is 15.4 Å². The van der Waals surface area contributed by atoms with Gasteiger partial charge in [-0.1, -0.05) is 28.9 Å². The summed E-state index contributed by atoms with van der Waals surface area (Å²) in [4.78, 5) is 19.7. The van der Waals surface area contributed by atoms with Gasteiger partial charge in [-0.15, -0.1) is 0 Å². The lowest BCUT2D eigenvalue weighted by molar-refractivity contribution is -0.192. The van der Waals surface area contributed by atoms with Gasteiger partial charge >= 0.3 is 18.3 Å². The topological polar surface area (TPSA) is 113 Å². The summed E-state index contributed by atoms with van der Waals surface area (Å²) >= 11 is 3.30. The highest BCUT2D eigenvalue weighted by molar-refractivity contribution is 9.10. The van der Waals surface area contributed by atoms with Crippen LogP contribution in [-0.2, 0) is 20.8 Å². The van der Waals surface area contributed by atoms with Gasteiger partial charge in [0.15, 0.2) is 9.84 Å². The third kappa shape index (κ3) is 5.78. The molecular formula is C21H14BrF6N3O4S. The summed E-state index contributed by atoms with van der Waals surface area (Å²) in [7, 11) is -3.87. The number of aliphatic carboxylic acids is 1. The van der Waals surface area contributed by atoms with Crippen molar-refractivity contribution in [1.29, 1.82) is 0 Å². The number of aromatic nitrogens is 3. The number of carbonyl (C=O) groups is 1. The van der Waals surface area contributed by atoms with Gasteiger partial charge in [0.2, 0.25) is 0 Å². The van der Waals surface area contributed by atoms with Gasteiger partial charge in [-0.2, -0.15) is 26.3 Å². The Morgan fingerprint density at radius 3 is 2.17 bits per heavy atom. The van der Waals surface area contributed by atoms with Crippen molar-refractivity contribution in [2.75, 3.05) is 5.75 Å². The van der Waals surface area contributed by atoms with Crippen LogP contribution in [0.4, 0.5) is 26.3 Å².